The van der Waals surface area contributed by atoms with Gasteiger partial charge in [0.05, 0.1) is 0 Å². The molecule has 0 spiro atoms. The molecule has 4 fully saturated rings. The SMILES string of the molecule is C1CCC2[C](C3CCCC4CCCCC43)CCCC2C1. The molecule has 0 nitrogen and oxygen atoms in total. The first-order valence-electron chi connectivity index (χ1n) is 9.79. The molecule has 0 aromatic heterocycles. The largest absolute Gasteiger partial charge is 0.0530 e. The fraction of sp³-hybridized carbons (Fsp3) is 0.950. The summed E-state index contributed by atoms with van der Waals surface area (Å²) < 4.78 is 0. The van der Waals surface area contributed by atoms with E-state index in [1.165, 1.54) is 32.1 Å². The van der Waals surface area contributed by atoms with Crippen LogP contribution in [0.4, 0.5) is 0 Å². The van der Waals surface area contributed by atoms with Crippen LogP contribution in [0.5, 0.6) is 0 Å². The maximum atomic E-state index is 2.11. The molecular formula is C20H33. The number of hydrogen-bond acceptors (Lipinski definition) is 0. The molecule has 113 valence electrons. The zero-order valence-corrected chi connectivity index (χ0v) is 13.3. The normalized spacial score (nSPS) is 46.5. The number of fused-ring (bicyclic) bond motifs is 2. The lowest BCUT2D eigenvalue weighted by Crippen LogP contribution is -2.41. The van der Waals surface area contributed by atoms with E-state index in [4.69, 9.17) is 0 Å². The van der Waals surface area contributed by atoms with Gasteiger partial charge in [0.25, 0.3) is 0 Å². The van der Waals surface area contributed by atoms with Gasteiger partial charge in [-0.15, -0.1) is 0 Å². The summed E-state index contributed by atoms with van der Waals surface area (Å²) in [6.07, 6.45) is 21.7. The Bertz CT molecular complexity index is 284. The van der Waals surface area contributed by atoms with Gasteiger partial charge in [-0.25, -0.2) is 0 Å². The van der Waals surface area contributed by atoms with E-state index in [0.29, 0.717) is 0 Å². The molecule has 0 heterocycles. The van der Waals surface area contributed by atoms with E-state index in [0.717, 1.165) is 29.6 Å². The number of hydrogen-bond donors (Lipinski definition) is 0. The van der Waals surface area contributed by atoms with Crippen LogP contribution >= 0.6 is 0 Å². The minimum absolute atomic E-state index is 1.07. The molecule has 0 amide bonds. The van der Waals surface area contributed by atoms with Crippen LogP contribution < -0.4 is 0 Å². The van der Waals surface area contributed by atoms with Gasteiger partial charge in [0.1, 0.15) is 0 Å². The molecule has 4 rings (SSSR count). The van der Waals surface area contributed by atoms with Crippen molar-refractivity contribution in [2.75, 3.05) is 0 Å². The standard InChI is InChI=1S/C20H33/c1-3-11-17-15(7-1)9-5-13-19(17)20-14-6-10-16-8-2-4-12-18(16)20/h15-19H,1-14H2. The van der Waals surface area contributed by atoms with E-state index in [1.54, 1.807) is 57.8 Å². The van der Waals surface area contributed by atoms with Gasteiger partial charge in [-0.3, -0.25) is 0 Å². The first-order chi connectivity index (χ1) is 9.93. The maximum absolute atomic E-state index is 2.11. The predicted octanol–water partition coefficient (Wildman–Crippen LogP) is 6.16. The molecule has 0 bridgehead atoms. The third kappa shape index (κ3) is 2.46. The molecule has 0 N–H and O–H groups in total. The Morgan fingerprint density at radius 3 is 2.10 bits per heavy atom. The lowest BCUT2D eigenvalue weighted by Gasteiger charge is -2.50. The van der Waals surface area contributed by atoms with Gasteiger partial charge in [0, 0.05) is 0 Å². The summed E-state index contributed by atoms with van der Waals surface area (Å²) in [4.78, 5) is 0. The monoisotopic (exact) mass is 273 g/mol. The molecule has 0 aromatic carbocycles. The fourth-order valence-electron chi connectivity index (χ4n) is 6.65. The van der Waals surface area contributed by atoms with Gasteiger partial charge in [0.2, 0.25) is 0 Å². The van der Waals surface area contributed by atoms with Crippen molar-refractivity contribution in [3.63, 3.8) is 0 Å². The third-order valence-electron chi connectivity index (χ3n) is 7.48. The van der Waals surface area contributed by atoms with Crippen LogP contribution in [0.2, 0.25) is 0 Å². The van der Waals surface area contributed by atoms with Crippen molar-refractivity contribution in [2.24, 2.45) is 29.6 Å². The van der Waals surface area contributed by atoms with Crippen LogP contribution in [-0.2, 0) is 0 Å². The molecule has 4 aliphatic carbocycles. The van der Waals surface area contributed by atoms with Crippen molar-refractivity contribution in [1.29, 1.82) is 0 Å². The minimum atomic E-state index is 1.07. The molecule has 0 heteroatoms. The highest BCUT2D eigenvalue weighted by Gasteiger charge is 2.44. The van der Waals surface area contributed by atoms with E-state index in [9.17, 15) is 0 Å². The maximum Gasteiger partial charge on any atom is -0.0174 e. The Morgan fingerprint density at radius 1 is 0.500 bits per heavy atom. The highest BCUT2D eigenvalue weighted by Crippen LogP contribution is 2.55. The highest BCUT2D eigenvalue weighted by molar-refractivity contribution is 5.10. The van der Waals surface area contributed by atoms with Gasteiger partial charge in [-0.1, -0.05) is 64.2 Å². The van der Waals surface area contributed by atoms with Crippen LogP contribution in [0.3, 0.4) is 0 Å². The topological polar surface area (TPSA) is 0 Å². The van der Waals surface area contributed by atoms with Crippen LogP contribution in [0.15, 0.2) is 0 Å². The molecule has 5 atom stereocenters. The van der Waals surface area contributed by atoms with Crippen molar-refractivity contribution < 1.29 is 0 Å². The second kappa shape index (κ2) is 6.01. The Labute approximate surface area is 126 Å². The Balaban J connectivity index is 1.52. The summed E-state index contributed by atoms with van der Waals surface area (Å²) in [5.74, 6) is 7.60. The second-order valence-electron chi connectivity index (χ2n) is 8.36. The van der Waals surface area contributed by atoms with Crippen LogP contribution in [-0.4, -0.2) is 0 Å². The van der Waals surface area contributed by atoms with Crippen molar-refractivity contribution in [3.8, 4) is 0 Å². The lowest BCUT2D eigenvalue weighted by molar-refractivity contribution is 0.0702. The van der Waals surface area contributed by atoms with Crippen molar-refractivity contribution in [3.05, 3.63) is 5.92 Å². The predicted molar refractivity (Wildman–Crippen MR) is 85.3 cm³/mol. The average molecular weight is 273 g/mol. The molecule has 0 aliphatic heterocycles. The highest BCUT2D eigenvalue weighted by atomic mass is 14.5. The van der Waals surface area contributed by atoms with E-state index in [2.05, 4.69) is 5.92 Å². The molecule has 1 radical (unpaired) electrons. The molecule has 5 unspecified atom stereocenters. The van der Waals surface area contributed by atoms with Crippen molar-refractivity contribution in [2.45, 2.75) is 89.9 Å². The van der Waals surface area contributed by atoms with Gasteiger partial charge in [-0.2, -0.15) is 0 Å². The molecule has 0 aromatic rings. The molecule has 4 saturated carbocycles. The molecular weight excluding hydrogens is 240 g/mol. The fourth-order valence-corrected chi connectivity index (χ4v) is 6.65. The summed E-state index contributed by atoms with van der Waals surface area (Å²) in [5, 5.41) is 0. The summed E-state index contributed by atoms with van der Waals surface area (Å²) in [5.41, 5.74) is 0. The zero-order chi connectivity index (χ0) is 13.4. The Hall–Kier alpha value is 0. The Kier molecular flexibility index (Phi) is 4.10. The smallest absolute Gasteiger partial charge is 0.0174 e. The first kappa shape index (κ1) is 13.6. The molecule has 20 heavy (non-hydrogen) atoms. The van der Waals surface area contributed by atoms with E-state index in [-0.39, 0.29) is 0 Å². The second-order valence-corrected chi connectivity index (χ2v) is 8.36. The van der Waals surface area contributed by atoms with Crippen molar-refractivity contribution in [1.82, 2.24) is 0 Å². The third-order valence-corrected chi connectivity index (χ3v) is 7.48. The summed E-state index contributed by atoms with van der Waals surface area (Å²) in [6, 6.07) is 0. The summed E-state index contributed by atoms with van der Waals surface area (Å²) in [7, 11) is 0. The molecule has 0 saturated heterocycles. The average Bonchev–Trinajstić information content (AvgIpc) is 2.54. The van der Waals surface area contributed by atoms with Crippen LogP contribution in [0.1, 0.15) is 89.9 Å². The minimum Gasteiger partial charge on any atom is -0.0530 e. The van der Waals surface area contributed by atoms with Gasteiger partial charge in [0.15, 0.2) is 0 Å². The van der Waals surface area contributed by atoms with E-state index >= 15 is 0 Å². The van der Waals surface area contributed by atoms with Crippen LogP contribution in [0.25, 0.3) is 0 Å². The van der Waals surface area contributed by atoms with Gasteiger partial charge in [-0.05, 0) is 61.2 Å². The van der Waals surface area contributed by atoms with E-state index < -0.39 is 0 Å². The Morgan fingerprint density at radius 2 is 1.15 bits per heavy atom. The molecule has 4 aliphatic rings. The zero-order valence-electron chi connectivity index (χ0n) is 13.3. The van der Waals surface area contributed by atoms with Crippen LogP contribution in [0, 0.1) is 35.5 Å². The summed E-state index contributed by atoms with van der Waals surface area (Å²) >= 11 is 0. The lowest BCUT2D eigenvalue weighted by atomic mass is 9.54. The first-order valence-corrected chi connectivity index (χ1v) is 9.79. The quantitative estimate of drug-likeness (QED) is 0.537. The van der Waals surface area contributed by atoms with E-state index in [1.807, 2.05) is 0 Å². The summed E-state index contributed by atoms with van der Waals surface area (Å²) in [6.45, 7) is 0. The van der Waals surface area contributed by atoms with Gasteiger partial charge < -0.3 is 0 Å². The van der Waals surface area contributed by atoms with Crippen molar-refractivity contribution >= 4 is 0 Å². The van der Waals surface area contributed by atoms with Gasteiger partial charge >= 0.3 is 0 Å². The number of rotatable bonds is 1.